The first kappa shape index (κ1) is 35.3. The minimum Gasteiger partial charge on any atom is -0.542 e. The van der Waals surface area contributed by atoms with Gasteiger partial charge >= 0.3 is 18.5 Å². The van der Waals surface area contributed by atoms with Crippen LogP contribution >= 0.6 is 11.3 Å². The standard InChI is InChI=1S/C18H18F3N3O2S.2C2HF3O2/c1-12-3-2-6-22-13(12)11-23-7-9-24(10-8-23)17(26)15-5-4-14(27-15)16(25)18(19,20)21;2*3-2(4,5)1(6)7/h2-6H,7-11H2,1H3;2*(H,6,7). The predicted octanol–water partition coefficient (Wildman–Crippen LogP) is -0.246. The number of H-pyrrole nitrogens is 1. The van der Waals surface area contributed by atoms with Gasteiger partial charge in [0, 0.05) is 11.6 Å². The second-order valence-electron chi connectivity index (χ2n) is 8.11. The van der Waals surface area contributed by atoms with Gasteiger partial charge in [-0.05, 0) is 25.1 Å². The molecule has 3 heterocycles. The maximum atomic E-state index is 12.5. The molecule has 0 atom stereocenters. The maximum Gasteiger partial charge on any atom is 0.455 e. The van der Waals surface area contributed by atoms with Crippen LogP contribution in [0.1, 0.15) is 30.6 Å². The summed E-state index contributed by atoms with van der Waals surface area (Å²) in [6.45, 7) is 5.45. The minimum atomic E-state index is -5.19. The molecule has 1 saturated heterocycles. The van der Waals surface area contributed by atoms with Crippen LogP contribution in [0.2, 0.25) is 0 Å². The molecule has 0 aliphatic carbocycles. The van der Waals surface area contributed by atoms with E-state index in [-0.39, 0.29) is 10.8 Å². The van der Waals surface area contributed by atoms with E-state index in [1.807, 2.05) is 25.3 Å². The molecule has 1 aliphatic heterocycles. The summed E-state index contributed by atoms with van der Waals surface area (Å²) in [5, 5.41) is 17.6. The zero-order chi connectivity index (χ0) is 31.8. The molecule has 2 N–H and O–H groups in total. The van der Waals surface area contributed by atoms with Crippen molar-refractivity contribution in [1.82, 2.24) is 4.90 Å². The highest BCUT2D eigenvalue weighted by molar-refractivity contribution is 7.16. The number of ketones is 1. The van der Waals surface area contributed by atoms with Gasteiger partial charge in [0.2, 0.25) is 5.69 Å². The average molecular weight is 625 g/mol. The second-order valence-corrected chi connectivity index (χ2v) is 9.20. The number of nitrogens with zero attached hydrogens (tertiary/aromatic N) is 1. The Morgan fingerprint density at radius 3 is 1.73 bits per heavy atom. The van der Waals surface area contributed by atoms with Crippen molar-refractivity contribution >= 4 is 35.0 Å². The van der Waals surface area contributed by atoms with Crippen LogP contribution in [0.5, 0.6) is 0 Å². The number of nitrogens with one attached hydrogen (secondary N) is 2. The molecule has 2 aromatic rings. The normalized spacial score (nSPS) is 14.2. The molecule has 0 bridgehead atoms. The summed E-state index contributed by atoms with van der Waals surface area (Å²) in [5.74, 6) is -8.24. The number of carboxylic acid groups (broad SMARTS) is 2. The number of carbonyl (C=O) groups is 4. The lowest BCUT2D eigenvalue weighted by Crippen LogP contribution is -3.13. The van der Waals surface area contributed by atoms with E-state index < -0.39 is 41.1 Å². The molecule has 41 heavy (non-hydrogen) atoms. The van der Waals surface area contributed by atoms with E-state index in [1.54, 1.807) is 4.90 Å². The SMILES string of the molecule is Cc1ccc[nH+]c1C[NH+]1CCN(C(=O)c2ccc(C(=O)C(F)(F)F)s2)CC1.O=C([O-])C(F)(F)F.O=C([O-])C(F)(F)F. The van der Waals surface area contributed by atoms with Crippen LogP contribution in [-0.2, 0) is 16.1 Å². The predicted molar refractivity (Wildman–Crippen MR) is 115 cm³/mol. The van der Waals surface area contributed by atoms with Crippen molar-refractivity contribution < 1.29 is 78.8 Å². The van der Waals surface area contributed by atoms with Gasteiger partial charge in [-0.3, -0.25) is 9.59 Å². The zero-order valence-corrected chi connectivity index (χ0v) is 21.4. The lowest BCUT2D eigenvalue weighted by atomic mass is 10.2. The third-order valence-electron chi connectivity index (χ3n) is 5.12. The van der Waals surface area contributed by atoms with Gasteiger partial charge in [-0.25, -0.2) is 4.98 Å². The minimum absolute atomic E-state index is 0.165. The van der Waals surface area contributed by atoms with E-state index in [1.165, 1.54) is 16.5 Å². The Hall–Kier alpha value is -3.74. The molecule has 0 radical (unpaired) electrons. The topological polar surface area (TPSA) is 136 Å². The van der Waals surface area contributed by atoms with Gasteiger partial charge in [0.05, 0.1) is 35.9 Å². The van der Waals surface area contributed by atoms with Gasteiger partial charge < -0.3 is 29.6 Å². The number of Topliss-reactive ketones (excluding diaryl/α,β-unsaturated/α-hetero) is 1. The number of aromatic amines is 1. The number of rotatable bonds is 4. The van der Waals surface area contributed by atoms with Crippen molar-refractivity contribution in [2.75, 3.05) is 26.2 Å². The number of hydrogen-bond donors (Lipinski definition) is 1. The molecule has 9 nitrogen and oxygen atoms in total. The summed E-state index contributed by atoms with van der Waals surface area (Å²) in [5.41, 5.74) is 2.34. The van der Waals surface area contributed by atoms with Gasteiger partial charge in [-0.1, -0.05) is 0 Å². The van der Waals surface area contributed by atoms with E-state index in [0.717, 1.165) is 31.4 Å². The number of thiophene rings is 1. The number of aromatic nitrogens is 1. The van der Waals surface area contributed by atoms with Gasteiger partial charge in [0.15, 0.2) is 12.7 Å². The molecule has 1 fully saturated rings. The molecule has 0 spiro atoms. The number of carboxylic acids is 2. The second kappa shape index (κ2) is 14.2. The highest BCUT2D eigenvalue weighted by Gasteiger charge is 2.40. The fourth-order valence-electron chi connectivity index (χ4n) is 3.07. The molecular weight excluding hydrogens is 605 g/mol. The van der Waals surface area contributed by atoms with Crippen molar-refractivity contribution in [3.8, 4) is 0 Å². The van der Waals surface area contributed by atoms with E-state index >= 15 is 0 Å². The van der Waals surface area contributed by atoms with E-state index in [2.05, 4.69) is 4.98 Å². The summed E-state index contributed by atoms with van der Waals surface area (Å²) >= 11 is 0.602. The Bertz CT molecular complexity index is 1200. The van der Waals surface area contributed by atoms with Crippen LogP contribution in [-0.4, -0.2) is 73.2 Å². The van der Waals surface area contributed by atoms with Gasteiger partial charge in [-0.2, -0.15) is 39.5 Å². The highest BCUT2D eigenvalue weighted by Crippen LogP contribution is 2.27. The molecule has 3 rings (SSSR count). The molecule has 2 aromatic heterocycles. The zero-order valence-electron chi connectivity index (χ0n) is 20.6. The van der Waals surface area contributed by atoms with Crippen LogP contribution in [0.15, 0.2) is 30.5 Å². The first-order chi connectivity index (χ1) is 18.6. The monoisotopic (exact) mass is 625 g/mol. The van der Waals surface area contributed by atoms with Crippen LogP contribution in [0.4, 0.5) is 39.5 Å². The molecule has 0 saturated carbocycles. The molecule has 0 unspecified atom stereocenters. The molecule has 0 aromatic carbocycles. The summed E-state index contributed by atoms with van der Waals surface area (Å²) in [4.78, 5) is 47.3. The Morgan fingerprint density at radius 2 is 1.32 bits per heavy atom. The number of alkyl halides is 9. The van der Waals surface area contributed by atoms with Crippen molar-refractivity contribution in [1.29, 1.82) is 0 Å². The molecule has 1 aliphatic rings. The van der Waals surface area contributed by atoms with Gasteiger partial charge in [-0.15, -0.1) is 11.3 Å². The summed E-state index contributed by atoms with van der Waals surface area (Å²) < 4.78 is 101. The number of halogens is 9. The molecular formula is C22H20F9N3O6S. The van der Waals surface area contributed by atoms with Gasteiger partial charge in [0.25, 0.3) is 11.7 Å². The van der Waals surface area contributed by atoms with Gasteiger partial charge in [0.1, 0.15) is 11.9 Å². The Morgan fingerprint density at radius 1 is 0.854 bits per heavy atom. The third-order valence-corrected chi connectivity index (χ3v) is 6.19. The molecule has 1 amide bonds. The Labute approximate surface area is 228 Å². The van der Waals surface area contributed by atoms with Crippen molar-refractivity contribution in [2.24, 2.45) is 0 Å². The highest BCUT2D eigenvalue weighted by atomic mass is 32.1. The van der Waals surface area contributed by atoms with E-state index in [9.17, 15) is 49.1 Å². The molecule has 19 heteroatoms. The number of aryl methyl sites for hydroxylation is 1. The van der Waals surface area contributed by atoms with Crippen LogP contribution in [0, 0.1) is 6.92 Å². The number of pyridine rings is 1. The number of carbonyl (C=O) groups excluding carboxylic acids is 4. The van der Waals surface area contributed by atoms with Crippen LogP contribution < -0.4 is 20.1 Å². The number of hydrogen-bond acceptors (Lipinski definition) is 7. The quantitative estimate of drug-likeness (QED) is 0.368. The third kappa shape index (κ3) is 11.7. The first-order valence-electron chi connectivity index (χ1n) is 11.0. The summed E-state index contributed by atoms with van der Waals surface area (Å²) in [6, 6.07) is 6.36. The van der Waals surface area contributed by atoms with Crippen LogP contribution in [0.25, 0.3) is 0 Å². The summed E-state index contributed by atoms with van der Waals surface area (Å²) in [6.07, 6.45) is -13.4. The number of quaternary nitrogens is 1. The lowest BCUT2D eigenvalue weighted by Gasteiger charge is -2.31. The van der Waals surface area contributed by atoms with E-state index in [0.29, 0.717) is 24.4 Å². The maximum absolute atomic E-state index is 12.5. The van der Waals surface area contributed by atoms with Crippen molar-refractivity contribution in [3.63, 3.8) is 0 Å². The first-order valence-corrected chi connectivity index (χ1v) is 11.8. The Kier molecular flexibility index (Phi) is 12.3. The largest absolute Gasteiger partial charge is 0.542 e. The van der Waals surface area contributed by atoms with Crippen LogP contribution in [0.3, 0.4) is 0 Å². The fourth-order valence-corrected chi connectivity index (χ4v) is 4.00. The fraction of sp³-hybridized carbons (Fsp3) is 0.409. The average Bonchev–Trinajstić information content (AvgIpc) is 3.34. The van der Waals surface area contributed by atoms with Crippen molar-refractivity contribution in [3.05, 3.63) is 51.5 Å². The van der Waals surface area contributed by atoms with Crippen molar-refractivity contribution in [2.45, 2.75) is 32.0 Å². The Balaban J connectivity index is 0.000000497. The number of amides is 1. The smallest absolute Gasteiger partial charge is 0.455 e. The number of piperazine rings is 1. The lowest BCUT2D eigenvalue weighted by molar-refractivity contribution is -0.921. The number of aliphatic carboxylic acids is 2. The summed E-state index contributed by atoms with van der Waals surface area (Å²) in [7, 11) is 0. The molecule has 228 valence electrons. The van der Waals surface area contributed by atoms with E-state index in [4.69, 9.17) is 19.8 Å².